The summed E-state index contributed by atoms with van der Waals surface area (Å²) in [6.07, 6.45) is 2.49. The van der Waals surface area contributed by atoms with Crippen LogP contribution in [0, 0.1) is 28.8 Å². The maximum atomic E-state index is 14.2. The van der Waals surface area contributed by atoms with E-state index in [1.165, 1.54) is 24.4 Å². The minimum atomic E-state index is -4.33. The largest absolute Gasteiger partial charge is 0.476 e. The highest BCUT2D eigenvalue weighted by atomic mass is 32.2. The van der Waals surface area contributed by atoms with Gasteiger partial charge in [0.25, 0.3) is 10.0 Å². The van der Waals surface area contributed by atoms with Gasteiger partial charge in [-0.3, -0.25) is 4.72 Å². The Bertz CT molecular complexity index is 1170. The number of nitrogens with one attached hydrogen (secondary N) is 2. The van der Waals surface area contributed by atoms with Crippen molar-refractivity contribution in [2.24, 2.45) is 0 Å². The number of rotatable bonds is 6. The van der Waals surface area contributed by atoms with E-state index in [1.54, 1.807) is 6.07 Å². The molecule has 0 aliphatic carbocycles. The highest BCUT2D eigenvalue weighted by molar-refractivity contribution is 7.92. The van der Waals surface area contributed by atoms with Gasteiger partial charge >= 0.3 is 0 Å². The number of sulfonamides is 1. The molecular formula is C18H12F3N3O3S. The maximum Gasteiger partial charge on any atom is 0.264 e. The number of hydrogen-bond donors (Lipinski definition) is 2. The normalized spacial score (nSPS) is 11.1. The molecular weight excluding hydrogens is 395 g/mol. The zero-order valence-electron chi connectivity index (χ0n) is 14.0. The molecule has 0 saturated heterocycles. The Morgan fingerprint density at radius 2 is 1.89 bits per heavy atom. The van der Waals surface area contributed by atoms with Crippen LogP contribution in [-0.4, -0.2) is 20.0 Å². The Kier molecular flexibility index (Phi) is 5.28. The highest BCUT2D eigenvalue weighted by Crippen LogP contribution is 2.31. The first kappa shape index (κ1) is 19.3. The molecule has 0 aliphatic rings. The van der Waals surface area contributed by atoms with Crippen LogP contribution < -0.4 is 9.46 Å². The summed E-state index contributed by atoms with van der Waals surface area (Å²) in [6.45, 7) is -0.498. The molecule has 10 heteroatoms. The van der Waals surface area contributed by atoms with E-state index < -0.39 is 45.5 Å². The number of H-pyrrole nitrogens is 1. The average molecular weight is 407 g/mol. The van der Waals surface area contributed by atoms with E-state index in [2.05, 4.69) is 4.98 Å². The molecule has 2 aromatic carbocycles. The lowest BCUT2D eigenvalue weighted by molar-refractivity contribution is 0.344. The van der Waals surface area contributed by atoms with E-state index in [0.717, 1.165) is 12.3 Å². The summed E-state index contributed by atoms with van der Waals surface area (Å²) in [5.74, 6) is -3.23. The molecule has 0 amide bonds. The van der Waals surface area contributed by atoms with Crippen molar-refractivity contribution in [3.05, 3.63) is 66.2 Å². The number of benzene rings is 2. The second kappa shape index (κ2) is 7.66. The van der Waals surface area contributed by atoms with Gasteiger partial charge in [-0.15, -0.1) is 0 Å². The van der Waals surface area contributed by atoms with Crippen molar-refractivity contribution in [1.82, 2.24) is 4.98 Å². The summed E-state index contributed by atoms with van der Waals surface area (Å²) < 4.78 is 73.7. The van der Waals surface area contributed by atoms with Crippen LogP contribution in [0.3, 0.4) is 0 Å². The van der Waals surface area contributed by atoms with Crippen LogP contribution in [-0.2, 0) is 10.0 Å². The number of aromatic nitrogens is 1. The quantitative estimate of drug-likeness (QED) is 0.650. The summed E-state index contributed by atoms with van der Waals surface area (Å²) in [7, 11) is -4.33. The van der Waals surface area contributed by atoms with Crippen molar-refractivity contribution in [2.75, 3.05) is 11.3 Å². The minimum Gasteiger partial charge on any atom is -0.476 e. The zero-order chi connectivity index (χ0) is 20.3. The van der Waals surface area contributed by atoms with Gasteiger partial charge in [-0.05, 0) is 17.7 Å². The molecule has 1 heterocycles. The minimum absolute atomic E-state index is 0.154. The van der Waals surface area contributed by atoms with E-state index in [4.69, 9.17) is 10.00 Å². The third-order valence-corrected chi connectivity index (χ3v) is 5.10. The molecule has 0 atom stereocenters. The van der Waals surface area contributed by atoms with Gasteiger partial charge < -0.3 is 9.72 Å². The Balaban J connectivity index is 1.95. The molecule has 2 N–H and O–H groups in total. The molecule has 0 aliphatic heterocycles. The van der Waals surface area contributed by atoms with Gasteiger partial charge in [-0.25, -0.2) is 21.6 Å². The van der Waals surface area contributed by atoms with Crippen molar-refractivity contribution in [3.63, 3.8) is 0 Å². The Labute approximate surface area is 158 Å². The fourth-order valence-corrected chi connectivity index (χ4v) is 3.73. The average Bonchev–Trinajstić information content (AvgIpc) is 3.14. The SMILES string of the molecule is N#CCOc1cc(F)c(NS(=O)(=O)c2c[nH]cc2-c2cccc(F)c2)cc1F. The van der Waals surface area contributed by atoms with Crippen LogP contribution >= 0.6 is 0 Å². The van der Waals surface area contributed by atoms with Crippen LogP contribution in [0.4, 0.5) is 18.9 Å². The smallest absolute Gasteiger partial charge is 0.264 e. The van der Waals surface area contributed by atoms with Crippen LogP contribution in [0.15, 0.2) is 53.7 Å². The van der Waals surface area contributed by atoms with E-state index in [1.807, 2.05) is 4.72 Å². The van der Waals surface area contributed by atoms with E-state index >= 15 is 0 Å². The molecule has 28 heavy (non-hydrogen) atoms. The van der Waals surface area contributed by atoms with Gasteiger partial charge in [0.1, 0.15) is 16.8 Å². The van der Waals surface area contributed by atoms with Gasteiger partial charge in [-0.1, -0.05) is 12.1 Å². The Hall–Kier alpha value is -3.45. The molecule has 0 bridgehead atoms. The summed E-state index contributed by atoms with van der Waals surface area (Å²) in [5, 5.41) is 8.43. The number of nitrogens with zero attached hydrogens (tertiary/aromatic N) is 1. The summed E-state index contributed by atoms with van der Waals surface area (Å²) in [4.78, 5) is 2.33. The van der Waals surface area contributed by atoms with E-state index in [-0.39, 0.29) is 16.0 Å². The molecule has 3 rings (SSSR count). The fourth-order valence-electron chi connectivity index (χ4n) is 2.48. The Morgan fingerprint density at radius 3 is 2.61 bits per heavy atom. The standard InChI is InChI=1S/C18H12F3N3O3S/c19-12-3-1-2-11(6-12)13-9-23-10-18(13)28(25,26)24-16-7-15(21)17(8-14(16)20)27-5-4-22/h1-3,6-10,23-24H,5H2. The highest BCUT2D eigenvalue weighted by Gasteiger charge is 2.23. The van der Waals surface area contributed by atoms with Gasteiger partial charge in [0.05, 0.1) is 5.69 Å². The third-order valence-electron chi connectivity index (χ3n) is 3.69. The van der Waals surface area contributed by atoms with Crippen LogP contribution in [0.1, 0.15) is 0 Å². The maximum absolute atomic E-state index is 14.2. The second-order valence-corrected chi connectivity index (χ2v) is 7.21. The van der Waals surface area contributed by atoms with Gasteiger partial charge in [0.2, 0.25) is 0 Å². The third kappa shape index (κ3) is 3.94. The van der Waals surface area contributed by atoms with Gasteiger partial charge in [0.15, 0.2) is 24.0 Å². The summed E-state index contributed by atoms with van der Waals surface area (Å²) in [5.41, 5.74) is -0.205. The lowest BCUT2D eigenvalue weighted by Gasteiger charge is -2.12. The van der Waals surface area contributed by atoms with Crippen LogP contribution in [0.2, 0.25) is 0 Å². The first-order chi connectivity index (χ1) is 13.3. The fraction of sp³-hybridized carbons (Fsp3) is 0.0556. The zero-order valence-corrected chi connectivity index (χ0v) is 14.9. The first-order valence-electron chi connectivity index (χ1n) is 7.76. The van der Waals surface area contributed by atoms with Crippen molar-refractivity contribution in [1.29, 1.82) is 5.26 Å². The summed E-state index contributed by atoms with van der Waals surface area (Å²) >= 11 is 0. The lowest BCUT2D eigenvalue weighted by Crippen LogP contribution is -2.14. The molecule has 144 valence electrons. The molecule has 0 unspecified atom stereocenters. The number of anilines is 1. The predicted molar refractivity (Wildman–Crippen MR) is 94.5 cm³/mol. The Morgan fingerprint density at radius 1 is 1.11 bits per heavy atom. The predicted octanol–water partition coefficient (Wildman–Crippen LogP) is 3.80. The number of aromatic amines is 1. The van der Waals surface area contributed by atoms with E-state index in [9.17, 15) is 21.6 Å². The molecule has 0 spiro atoms. The van der Waals surface area contributed by atoms with Crippen molar-refractivity contribution in [2.45, 2.75) is 4.90 Å². The van der Waals surface area contributed by atoms with E-state index in [0.29, 0.717) is 12.1 Å². The number of halogens is 3. The number of nitriles is 1. The van der Waals surface area contributed by atoms with Crippen molar-refractivity contribution in [3.8, 4) is 22.9 Å². The molecule has 6 nitrogen and oxygen atoms in total. The molecule has 1 aromatic heterocycles. The van der Waals surface area contributed by atoms with Crippen molar-refractivity contribution < 1.29 is 26.3 Å². The lowest BCUT2D eigenvalue weighted by atomic mass is 10.1. The monoisotopic (exact) mass is 407 g/mol. The van der Waals surface area contributed by atoms with Crippen LogP contribution in [0.25, 0.3) is 11.1 Å². The van der Waals surface area contributed by atoms with Crippen molar-refractivity contribution >= 4 is 15.7 Å². The second-order valence-electron chi connectivity index (χ2n) is 5.56. The van der Waals surface area contributed by atoms with Crippen LogP contribution in [0.5, 0.6) is 5.75 Å². The summed E-state index contributed by atoms with van der Waals surface area (Å²) in [6, 6.07) is 8.11. The first-order valence-corrected chi connectivity index (χ1v) is 9.24. The number of ether oxygens (including phenoxy) is 1. The number of hydrogen-bond acceptors (Lipinski definition) is 4. The molecule has 0 saturated carbocycles. The molecule has 0 radical (unpaired) electrons. The van der Waals surface area contributed by atoms with Gasteiger partial charge in [-0.2, -0.15) is 5.26 Å². The topological polar surface area (TPSA) is 95.0 Å². The molecule has 3 aromatic rings. The molecule has 0 fully saturated rings. The van der Waals surface area contributed by atoms with Gasteiger partial charge in [0, 0.05) is 30.1 Å².